The minimum atomic E-state index is -1.69. The zero-order valence-electron chi connectivity index (χ0n) is 54.3. The van der Waals surface area contributed by atoms with Gasteiger partial charge in [0.25, 0.3) is 26.6 Å². The van der Waals surface area contributed by atoms with Crippen LogP contribution < -0.4 is 29.4 Å². The topological polar surface area (TPSA) is 222 Å². The quantitative estimate of drug-likeness (QED) is 0.0111. The van der Waals surface area contributed by atoms with Crippen LogP contribution in [0.1, 0.15) is 102 Å². The molecule has 1 saturated heterocycles. The molecule has 7 aromatic carbocycles. The molecule has 21 heteroatoms. The Morgan fingerprint density at radius 3 is 1.88 bits per heavy atom. The molecule has 1 aliphatic carbocycles. The monoisotopic (exact) mass is 1300 g/mol. The molecule has 2 aliphatic rings. The Hall–Kier alpha value is -9.58. The fraction of sp³-hybridized carbons (Fsp3) is 0.311. The van der Waals surface area contributed by atoms with Crippen molar-refractivity contribution in [2.75, 3.05) is 59.6 Å². The van der Waals surface area contributed by atoms with Crippen molar-refractivity contribution in [3.05, 3.63) is 239 Å². The van der Waals surface area contributed by atoms with Gasteiger partial charge in [0.15, 0.2) is 0 Å². The number of nitrogens with zero attached hydrogens (tertiary/aromatic N) is 5. The number of benzene rings is 7. The first-order valence-electron chi connectivity index (χ1n) is 31.6. The molecular formula is C74H79N7O13P+. The highest BCUT2D eigenvalue weighted by molar-refractivity contribution is 7.44. The van der Waals surface area contributed by atoms with E-state index in [4.69, 9.17) is 42.2 Å². The van der Waals surface area contributed by atoms with Crippen LogP contribution in [-0.2, 0) is 51.4 Å². The second-order valence-electron chi connectivity index (χ2n) is 23.4. The van der Waals surface area contributed by atoms with Crippen molar-refractivity contribution in [3.8, 4) is 34.4 Å². The number of methoxy groups -OCH3 is 2. The number of hydrogen-bond acceptors (Lipinski definition) is 16. The number of likely N-dealkylation sites (N-methyl/N-ethyl adjacent to an activating group) is 1. The van der Waals surface area contributed by atoms with E-state index in [2.05, 4.69) is 78.3 Å². The molecule has 8 aromatic rings. The first-order valence-corrected chi connectivity index (χ1v) is 32.7. The smallest absolute Gasteiger partial charge is 0.497 e. The van der Waals surface area contributed by atoms with E-state index in [1.54, 1.807) is 88.4 Å². The molecule has 0 saturated carbocycles. The summed E-state index contributed by atoms with van der Waals surface area (Å²) in [5.74, 6) is 1.23. The van der Waals surface area contributed by atoms with Gasteiger partial charge in [-0.25, -0.2) is 18.8 Å². The van der Waals surface area contributed by atoms with Gasteiger partial charge < -0.3 is 52.4 Å². The summed E-state index contributed by atoms with van der Waals surface area (Å²) in [5, 5.41) is 15.3. The van der Waals surface area contributed by atoms with Crippen molar-refractivity contribution in [1.82, 2.24) is 19.9 Å². The lowest BCUT2D eigenvalue weighted by molar-refractivity contribution is -0.761. The summed E-state index contributed by atoms with van der Waals surface area (Å²) in [4.78, 5) is 58.0. The normalized spacial score (nSPS) is 15.3. The van der Waals surface area contributed by atoms with Gasteiger partial charge in [0, 0.05) is 49.6 Å². The number of carbonyl (C=O) groups is 4. The molecule has 4 atom stereocenters. The Morgan fingerprint density at radius 2 is 1.29 bits per heavy atom. The Bertz CT molecular complexity index is 3790. The lowest BCUT2D eigenvalue weighted by Gasteiger charge is -2.39. The van der Waals surface area contributed by atoms with E-state index < -0.39 is 44.8 Å². The number of hydrogen-bond donors (Lipinski definition) is 2. The van der Waals surface area contributed by atoms with Crippen LogP contribution in [0.4, 0.5) is 15.4 Å². The third-order valence-electron chi connectivity index (χ3n) is 16.5. The minimum Gasteiger partial charge on any atom is -0.497 e. The Balaban J connectivity index is 0.718. The number of ether oxygens (including phenoxy) is 7. The van der Waals surface area contributed by atoms with Gasteiger partial charge in [0.1, 0.15) is 48.3 Å². The standard InChI is InChI=1S/C74H78N7O13P/c1-50(2)81(51(3)4)95(91-42-15-39-75)94-66-45-70(93-67(66)48-90-74(55-16-9-8-10-17-55,56-28-34-58(86-6)35-29-56)57-30-36-59(87-7)37-31-57)80-40-38-68(77-49-80)78-71(83)54-26-22-53(23-27-54)46-76-69(82)44-52-24-32-60(33-25-52)92-73(85)88-43-41-79(5)72(84)89-47-65-63-20-13-11-18-61(63)62-19-12-14-21-64(62)65/h8-14,16-38,40,49-51,65-67,70H,15,41-48H2,1-7H3,(H,76,82)/p+1/t66-,67-,70-,95?/m1/s1. The van der Waals surface area contributed by atoms with Gasteiger partial charge in [-0.3, -0.25) is 14.9 Å². The Kier molecular flexibility index (Phi) is 23.4. The maximum absolute atomic E-state index is 13.6. The van der Waals surface area contributed by atoms with Gasteiger partial charge in [0.2, 0.25) is 12.1 Å². The molecule has 0 spiro atoms. The molecule has 1 fully saturated rings. The van der Waals surface area contributed by atoms with Crippen LogP contribution in [0.5, 0.6) is 17.2 Å². The van der Waals surface area contributed by atoms with Crippen molar-refractivity contribution in [1.29, 1.82) is 5.26 Å². The summed E-state index contributed by atoms with van der Waals surface area (Å²) < 4.78 is 59.3. The molecule has 1 aromatic heterocycles. The van der Waals surface area contributed by atoms with Crippen molar-refractivity contribution >= 4 is 38.4 Å². The van der Waals surface area contributed by atoms with Crippen LogP contribution in [0.25, 0.3) is 11.1 Å². The van der Waals surface area contributed by atoms with Crippen LogP contribution in [0, 0.1) is 11.3 Å². The predicted molar refractivity (Wildman–Crippen MR) is 357 cm³/mol. The highest BCUT2D eigenvalue weighted by Gasteiger charge is 2.46. The SMILES string of the molecule is COc1ccc(C(OC[C@H]2O[C@@H]([n+]3ccc(NC(=O)c4ccc(CNC(=O)Cc5ccc(OC(=O)OCCN(C)C(=O)OCC6c7ccccc7-c7ccccc76)cc5)cc4)nc3)C[C@H]2OP(OCCC#N)N(C(C)C)C(C)C)(c2ccccc2)c2ccc(OC)cc2)cc1. The number of carbonyl (C=O) groups excluding carboxylic acids is 4. The maximum atomic E-state index is 13.6. The number of anilines is 1. The summed E-state index contributed by atoms with van der Waals surface area (Å²) in [5.41, 5.74) is 7.78. The summed E-state index contributed by atoms with van der Waals surface area (Å²) in [6.07, 6.45) is 0.787. The maximum Gasteiger partial charge on any atom is 0.513 e. The average molecular weight is 1310 g/mol. The molecule has 10 rings (SSSR count). The predicted octanol–water partition coefficient (Wildman–Crippen LogP) is 12.9. The van der Waals surface area contributed by atoms with Gasteiger partial charge in [-0.1, -0.05) is 127 Å². The fourth-order valence-electron chi connectivity index (χ4n) is 11.7. The van der Waals surface area contributed by atoms with Gasteiger partial charge >= 0.3 is 12.2 Å². The molecule has 2 N–H and O–H groups in total. The first-order chi connectivity index (χ1) is 46.1. The van der Waals surface area contributed by atoms with Crippen molar-refractivity contribution in [2.45, 2.75) is 95.5 Å². The van der Waals surface area contributed by atoms with E-state index in [0.717, 1.165) is 44.5 Å². The molecule has 1 aliphatic heterocycles. The van der Waals surface area contributed by atoms with Gasteiger partial charge in [-0.2, -0.15) is 5.26 Å². The largest absolute Gasteiger partial charge is 0.513 e. The number of rotatable bonds is 29. The van der Waals surface area contributed by atoms with Crippen LogP contribution in [0.2, 0.25) is 0 Å². The van der Waals surface area contributed by atoms with Crippen molar-refractivity contribution in [3.63, 3.8) is 0 Å². The Labute approximate surface area is 555 Å². The van der Waals surface area contributed by atoms with E-state index in [-0.39, 0.29) is 87.9 Å². The van der Waals surface area contributed by atoms with Crippen LogP contribution >= 0.6 is 8.53 Å². The lowest BCUT2D eigenvalue weighted by Crippen LogP contribution is -2.41. The van der Waals surface area contributed by atoms with Gasteiger partial charge in [-0.15, -0.1) is 0 Å². The van der Waals surface area contributed by atoms with Crippen LogP contribution in [0.15, 0.2) is 195 Å². The second kappa shape index (κ2) is 32.5. The van der Waals surface area contributed by atoms with E-state index in [0.29, 0.717) is 34.9 Å². The summed E-state index contributed by atoms with van der Waals surface area (Å²) >= 11 is 0. The highest BCUT2D eigenvalue weighted by Crippen LogP contribution is 2.51. The number of aromatic nitrogens is 2. The molecule has 95 heavy (non-hydrogen) atoms. The van der Waals surface area contributed by atoms with Crippen LogP contribution in [-0.4, -0.2) is 117 Å². The minimum absolute atomic E-state index is 0.0506. The molecule has 2 heterocycles. The molecule has 20 nitrogen and oxygen atoms in total. The zero-order valence-corrected chi connectivity index (χ0v) is 55.2. The van der Waals surface area contributed by atoms with Gasteiger partial charge in [-0.05, 0) is 131 Å². The van der Waals surface area contributed by atoms with Crippen molar-refractivity contribution < 1.29 is 66.0 Å². The Morgan fingerprint density at radius 1 is 0.705 bits per heavy atom. The lowest BCUT2D eigenvalue weighted by atomic mass is 9.80. The van der Waals surface area contributed by atoms with E-state index in [1.165, 1.54) is 4.90 Å². The highest BCUT2D eigenvalue weighted by atomic mass is 31.2. The number of amides is 3. The third-order valence-corrected chi connectivity index (χ3v) is 18.7. The summed E-state index contributed by atoms with van der Waals surface area (Å²) in [6.45, 7) is 8.99. The second-order valence-corrected chi connectivity index (χ2v) is 24.8. The molecular weight excluding hydrogens is 1230 g/mol. The number of nitrogens with one attached hydrogen (secondary N) is 2. The van der Waals surface area contributed by atoms with E-state index in [1.807, 2.05) is 108 Å². The molecule has 0 bridgehead atoms. The number of nitriles is 1. The molecule has 3 amide bonds. The summed E-state index contributed by atoms with van der Waals surface area (Å²) in [6, 6.07) is 59.3. The van der Waals surface area contributed by atoms with Crippen molar-refractivity contribution in [2.24, 2.45) is 0 Å². The van der Waals surface area contributed by atoms with Crippen LogP contribution in [0.3, 0.4) is 0 Å². The summed E-state index contributed by atoms with van der Waals surface area (Å²) in [7, 11) is 3.15. The molecule has 492 valence electrons. The van der Waals surface area contributed by atoms with E-state index in [9.17, 15) is 24.4 Å². The van der Waals surface area contributed by atoms with E-state index >= 15 is 0 Å². The number of fused-ring (bicyclic) bond motifs is 3. The zero-order chi connectivity index (χ0) is 66.8. The van der Waals surface area contributed by atoms with Gasteiger partial charge in [0.05, 0.1) is 59.1 Å². The average Bonchev–Trinajstić information content (AvgIpc) is 1.73. The fourth-order valence-corrected chi connectivity index (χ4v) is 13.5. The molecule has 0 radical (unpaired) electrons. The molecule has 1 unspecified atom stereocenters. The first kappa shape index (κ1) is 68.3. The third kappa shape index (κ3) is 17.0.